The molecule has 1 aliphatic carbocycles. The first-order chi connectivity index (χ1) is 11.1. The molecular formula is C18H20N3OS+. The summed E-state index contributed by atoms with van der Waals surface area (Å²) < 4.78 is 2.10. The molecule has 0 saturated heterocycles. The summed E-state index contributed by atoms with van der Waals surface area (Å²) in [6, 6.07) is 6.07. The van der Waals surface area contributed by atoms with Crippen LogP contribution < -0.4 is 10.1 Å². The van der Waals surface area contributed by atoms with Crippen LogP contribution in [0, 0.1) is 12.8 Å². The Kier molecular flexibility index (Phi) is 3.53. The van der Waals surface area contributed by atoms with Gasteiger partial charge in [0.15, 0.2) is 17.7 Å². The fourth-order valence-electron chi connectivity index (χ4n) is 3.37. The number of aromatic nitrogens is 3. The number of aryl methyl sites for hydroxylation is 2. The largest absolute Gasteiger partial charge is 0.305 e. The number of rotatable bonds is 2. The van der Waals surface area contributed by atoms with E-state index in [0.717, 1.165) is 34.6 Å². The van der Waals surface area contributed by atoms with E-state index in [1.807, 2.05) is 18.3 Å². The molecule has 0 radical (unpaired) electrons. The van der Waals surface area contributed by atoms with Crippen LogP contribution in [0.25, 0.3) is 10.2 Å². The molecule has 1 N–H and O–H groups in total. The lowest BCUT2D eigenvalue weighted by Crippen LogP contribution is -2.38. The molecule has 0 amide bonds. The lowest BCUT2D eigenvalue weighted by Gasteiger charge is -2.17. The van der Waals surface area contributed by atoms with Crippen LogP contribution in [0.2, 0.25) is 0 Å². The van der Waals surface area contributed by atoms with E-state index in [9.17, 15) is 4.79 Å². The topological polar surface area (TPSA) is 49.6 Å². The Morgan fingerprint density at radius 1 is 1.43 bits per heavy atom. The number of aromatic amines is 1. The number of fused-ring (bicyclic) bond motifs is 3. The summed E-state index contributed by atoms with van der Waals surface area (Å²) in [4.78, 5) is 22.6. The van der Waals surface area contributed by atoms with Crippen LogP contribution in [-0.4, -0.2) is 9.97 Å². The number of hydrogen-bond acceptors (Lipinski definition) is 3. The molecule has 0 aliphatic heterocycles. The Morgan fingerprint density at radius 2 is 2.30 bits per heavy atom. The zero-order valence-corrected chi connectivity index (χ0v) is 14.2. The Hall–Kier alpha value is -2.01. The molecule has 3 aromatic rings. The van der Waals surface area contributed by atoms with Gasteiger partial charge < -0.3 is 4.98 Å². The molecule has 118 valence electrons. The highest BCUT2D eigenvalue weighted by Gasteiger charge is 2.23. The standard InChI is InChI=1S/C18H19N3OS/c1-11-6-7-13-14(9-11)23-18-16(13)17(22)19-15(20-18)10-21-8-4-3-5-12(21)2/h3-5,8,11H,6-7,9-10H2,1-2H3/p+1/t11-/m1/s1. The molecule has 5 heteroatoms. The van der Waals surface area contributed by atoms with E-state index in [4.69, 9.17) is 4.98 Å². The normalized spacial score (nSPS) is 17.4. The summed E-state index contributed by atoms with van der Waals surface area (Å²) in [6.07, 6.45) is 5.27. The van der Waals surface area contributed by atoms with Crippen LogP contribution in [0.5, 0.6) is 0 Å². The van der Waals surface area contributed by atoms with Crippen LogP contribution in [-0.2, 0) is 19.4 Å². The van der Waals surface area contributed by atoms with Crippen LogP contribution in [0.4, 0.5) is 0 Å². The van der Waals surface area contributed by atoms with Crippen molar-refractivity contribution in [3.8, 4) is 0 Å². The van der Waals surface area contributed by atoms with Gasteiger partial charge in [0, 0.05) is 23.9 Å². The Balaban J connectivity index is 1.79. The van der Waals surface area contributed by atoms with Gasteiger partial charge in [-0.25, -0.2) is 4.98 Å². The Morgan fingerprint density at radius 3 is 3.13 bits per heavy atom. The van der Waals surface area contributed by atoms with Gasteiger partial charge in [-0.1, -0.05) is 13.0 Å². The van der Waals surface area contributed by atoms with Gasteiger partial charge in [0.25, 0.3) is 5.56 Å². The first kappa shape index (κ1) is 14.6. The SMILES string of the molecule is Cc1cccc[n+]1Cc1nc2sc3c(c2c(=O)[nH]1)CC[C@@H](C)C3. The fourth-order valence-corrected chi connectivity index (χ4v) is 4.77. The average molecular weight is 326 g/mol. The highest BCUT2D eigenvalue weighted by Crippen LogP contribution is 2.35. The quantitative estimate of drug-likeness (QED) is 0.736. The van der Waals surface area contributed by atoms with E-state index in [1.165, 1.54) is 16.9 Å². The van der Waals surface area contributed by atoms with Crippen LogP contribution in [0.1, 0.15) is 35.3 Å². The second-order valence-corrected chi connectivity index (χ2v) is 7.60. The predicted octanol–water partition coefficient (Wildman–Crippen LogP) is 2.75. The monoisotopic (exact) mass is 326 g/mol. The van der Waals surface area contributed by atoms with Crippen molar-refractivity contribution in [2.75, 3.05) is 0 Å². The van der Waals surface area contributed by atoms with Crippen LogP contribution in [0.3, 0.4) is 0 Å². The van der Waals surface area contributed by atoms with Gasteiger partial charge in [-0.15, -0.1) is 11.3 Å². The summed E-state index contributed by atoms with van der Waals surface area (Å²) in [5.41, 5.74) is 2.41. The van der Waals surface area contributed by atoms with Crippen molar-refractivity contribution in [1.29, 1.82) is 0 Å². The minimum Gasteiger partial charge on any atom is -0.305 e. The molecule has 23 heavy (non-hydrogen) atoms. The third kappa shape index (κ3) is 2.59. The van der Waals surface area contributed by atoms with Gasteiger partial charge >= 0.3 is 0 Å². The fraction of sp³-hybridized carbons (Fsp3) is 0.389. The van der Waals surface area contributed by atoms with Crippen LogP contribution >= 0.6 is 11.3 Å². The molecule has 4 rings (SSSR count). The second kappa shape index (κ2) is 5.57. The average Bonchev–Trinajstić information content (AvgIpc) is 2.87. The molecule has 3 aromatic heterocycles. The van der Waals surface area contributed by atoms with Gasteiger partial charge in [-0.2, -0.15) is 4.57 Å². The lowest BCUT2D eigenvalue weighted by molar-refractivity contribution is -0.695. The van der Waals surface area contributed by atoms with Crippen molar-refractivity contribution in [1.82, 2.24) is 9.97 Å². The van der Waals surface area contributed by atoms with E-state index < -0.39 is 0 Å². The van der Waals surface area contributed by atoms with Gasteiger partial charge in [0.05, 0.1) is 5.39 Å². The smallest absolute Gasteiger partial charge is 0.260 e. The maximum atomic E-state index is 12.6. The minimum atomic E-state index is 0.0197. The van der Waals surface area contributed by atoms with Crippen molar-refractivity contribution in [3.63, 3.8) is 0 Å². The number of pyridine rings is 1. The van der Waals surface area contributed by atoms with E-state index in [0.29, 0.717) is 12.5 Å². The highest BCUT2D eigenvalue weighted by atomic mass is 32.1. The maximum absolute atomic E-state index is 12.6. The van der Waals surface area contributed by atoms with E-state index in [2.05, 4.69) is 29.5 Å². The number of hydrogen-bond donors (Lipinski definition) is 1. The zero-order valence-electron chi connectivity index (χ0n) is 13.4. The van der Waals surface area contributed by atoms with Crippen molar-refractivity contribution < 1.29 is 4.57 Å². The molecule has 0 saturated carbocycles. The van der Waals surface area contributed by atoms with Crippen molar-refractivity contribution in [2.45, 2.75) is 39.7 Å². The predicted molar refractivity (Wildman–Crippen MR) is 91.9 cm³/mol. The maximum Gasteiger partial charge on any atom is 0.260 e. The van der Waals surface area contributed by atoms with Gasteiger partial charge in [-0.3, -0.25) is 4.79 Å². The van der Waals surface area contributed by atoms with Gasteiger partial charge in [-0.05, 0) is 30.7 Å². The molecule has 0 unspecified atom stereocenters. The molecule has 1 atom stereocenters. The first-order valence-electron chi connectivity index (χ1n) is 8.10. The summed E-state index contributed by atoms with van der Waals surface area (Å²) in [6.45, 7) is 4.93. The number of thiophene rings is 1. The lowest BCUT2D eigenvalue weighted by atomic mass is 9.89. The Labute approximate surface area is 138 Å². The number of H-pyrrole nitrogens is 1. The highest BCUT2D eigenvalue weighted by molar-refractivity contribution is 7.18. The molecule has 0 spiro atoms. The summed E-state index contributed by atoms with van der Waals surface area (Å²) >= 11 is 1.71. The number of nitrogens with zero attached hydrogens (tertiary/aromatic N) is 2. The van der Waals surface area contributed by atoms with E-state index in [-0.39, 0.29) is 5.56 Å². The molecule has 1 aliphatic rings. The molecule has 3 heterocycles. The van der Waals surface area contributed by atoms with Gasteiger partial charge in [0.2, 0.25) is 6.54 Å². The molecule has 0 aromatic carbocycles. The minimum absolute atomic E-state index is 0.0197. The summed E-state index contributed by atoms with van der Waals surface area (Å²) in [5.74, 6) is 1.44. The van der Waals surface area contributed by atoms with Crippen LogP contribution in [0.15, 0.2) is 29.2 Å². The van der Waals surface area contributed by atoms with E-state index >= 15 is 0 Å². The van der Waals surface area contributed by atoms with E-state index in [1.54, 1.807) is 11.3 Å². The van der Waals surface area contributed by atoms with Crippen molar-refractivity contribution in [2.24, 2.45) is 5.92 Å². The summed E-state index contributed by atoms with van der Waals surface area (Å²) in [7, 11) is 0. The molecular weight excluding hydrogens is 306 g/mol. The second-order valence-electron chi connectivity index (χ2n) is 6.51. The summed E-state index contributed by atoms with van der Waals surface area (Å²) in [5, 5.41) is 0.829. The molecule has 0 bridgehead atoms. The van der Waals surface area contributed by atoms with Crippen molar-refractivity contribution in [3.05, 3.63) is 56.7 Å². The molecule has 0 fully saturated rings. The third-order valence-corrected chi connectivity index (χ3v) is 5.85. The Bertz CT molecular complexity index is 941. The zero-order chi connectivity index (χ0) is 16.0. The third-order valence-electron chi connectivity index (χ3n) is 4.70. The molecule has 4 nitrogen and oxygen atoms in total. The first-order valence-corrected chi connectivity index (χ1v) is 8.92. The van der Waals surface area contributed by atoms with Crippen molar-refractivity contribution >= 4 is 21.6 Å². The van der Waals surface area contributed by atoms with Gasteiger partial charge in [0.1, 0.15) is 4.83 Å². The number of nitrogens with one attached hydrogen (secondary N) is 1.